The van der Waals surface area contributed by atoms with Crippen LogP contribution in [0.5, 0.6) is 0 Å². The van der Waals surface area contributed by atoms with Crippen LogP contribution < -0.4 is 0 Å². The highest BCUT2D eigenvalue weighted by Gasteiger charge is 2.13. The van der Waals surface area contributed by atoms with Gasteiger partial charge in [-0.2, -0.15) is 0 Å². The van der Waals surface area contributed by atoms with E-state index in [1.807, 2.05) is 6.92 Å². The molecule has 0 saturated carbocycles. The first-order valence-corrected chi connectivity index (χ1v) is 7.62. The monoisotopic (exact) mass is 270 g/mol. The Hall–Kier alpha value is -1.36. The largest absolute Gasteiger partial charge is 0.466 e. The van der Waals surface area contributed by atoms with Crippen LogP contribution in [0.3, 0.4) is 0 Å². The molecule has 0 spiro atoms. The van der Waals surface area contributed by atoms with Crippen molar-refractivity contribution in [3.63, 3.8) is 0 Å². The highest BCUT2D eigenvalue weighted by Crippen LogP contribution is 2.13. The predicted octanol–water partition coefficient (Wildman–Crippen LogP) is 1.98. The van der Waals surface area contributed by atoms with Gasteiger partial charge in [-0.05, 0) is 31.0 Å². The van der Waals surface area contributed by atoms with Crippen molar-refractivity contribution in [2.45, 2.75) is 31.6 Å². The third-order valence-corrected chi connectivity index (χ3v) is 4.35. The molecule has 1 aromatic carbocycles. The number of esters is 1. The molecule has 0 N–H and O–H groups in total. The van der Waals surface area contributed by atoms with E-state index in [1.54, 1.807) is 31.2 Å². The summed E-state index contributed by atoms with van der Waals surface area (Å²) >= 11 is 0. The van der Waals surface area contributed by atoms with Crippen molar-refractivity contribution in [1.29, 1.82) is 0 Å². The Bertz CT molecular complexity index is 488. The smallest absolute Gasteiger partial charge is 0.310 e. The van der Waals surface area contributed by atoms with Crippen LogP contribution >= 0.6 is 0 Å². The molecule has 0 fully saturated rings. The summed E-state index contributed by atoms with van der Waals surface area (Å²) in [4.78, 5) is 11.6. The minimum absolute atomic E-state index is 0.143. The third kappa shape index (κ3) is 4.14. The molecule has 18 heavy (non-hydrogen) atoms. The quantitative estimate of drug-likeness (QED) is 0.742. The molecule has 5 heteroatoms. The molecule has 100 valence electrons. The second-order valence-corrected chi connectivity index (χ2v) is 6.05. The molecule has 0 aromatic heterocycles. The summed E-state index contributed by atoms with van der Waals surface area (Å²) in [6.07, 6.45) is 0.759. The lowest BCUT2D eigenvalue weighted by atomic mass is 10.1. The molecule has 4 nitrogen and oxygen atoms in total. The average Bonchev–Trinajstić information content (AvgIpc) is 2.30. The number of hydrogen-bond acceptors (Lipinski definition) is 4. The van der Waals surface area contributed by atoms with E-state index in [-0.39, 0.29) is 18.1 Å². The summed E-state index contributed by atoms with van der Waals surface area (Å²) in [5.41, 5.74) is 0.754. The Kier molecular flexibility index (Phi) is 5.34. The van der Waals surface area contributed by atoms with Crippen molar-refractivity contribution >= 4 is 15.8 Å². The molecule has 0 aliphatic heterocycles. The fraction of sp³-hybridized carbons (Fsp3) is 0.462. The van der Waals surface area contributed by atoms with Crippen LogP contribution in [0.1, 0.15) is 25.8 Å². The van der Waals surface area contributed by atoms with Crippen LogP contribution in [0, 0.1) is 0 Å². The number of ether oxygens (including phenoxy) is 1. The van der Waals surface area contributed by atoms with Gasteiger partial charge in [0, 0.05) is 0 Å². The van der Waals surface area contributed by atoms with Crippen LogP contribution in [-0.4, -0.2) is 26.7 Å². The zero-order valence-electron chi connectivity index (χ0n) is 10.7. The summed E-state index contributed by atoms with van der Waals surface area (Å²) < 4.78 is 28.4. The summed E-state index contributed by atoms with van der Waals surface area (Å²) in [7, 11) is -3.18. The number of hydrogen-bond donors (Lipinski definition) is 0. The highest BCUT2D eigenvalue weighted by molar-refractivity contribution is 7.91. The van der Waals surface area contributed by atoms with E-state index < -0.39 is 9.84 Å². The van der Waals surface area contributed by atoms with Gasteiger partial charge in [0.05, 0.1) is 23.7 Å². The molecule has 0 bridgehead atoms. The number of benzene rings is 1. The van der Waals surface area contributed by atoms with Crippen molar-refractivity contribution in [3.05, 3.63) is 29.8 Å². The topological polar surface area (TPSA) is 60.4 Å². The first kappa shape index (κ1) is 14.7. The fourth-order valence-corrected chi connectivity index (χ4v) is 2.90. The second-order valence-electron chi connectivity index (χ2n) is 3.94. The van der Waals surface area contributed by atoms with Gasteiger partial charge in [-0.1, -0.05) is 19.1 Å². The average molecular weight is 270 g/mol. The standard InChI is InChI=1S/C13H18O4S/c1-3-9-18(15,16)12-7-5-11(6-8-12)10-13(14)17-4-2/h5-8H,3-4,9-10H2,1-2H3. The zero-order valence-corrected chi connectivity index (χ0v) is 11.5. The molecule has 0 aliphatic carbocycles. The first-order valence-electron chi connectivity index (χ1n) is 5.97. The summed E-state index contributed by atoms with van der Waals surface area (Å²) in [5.74, 6) is -0.161. The number of rotatable bonds is 6. The van der Waals surface area contributed by atoms with Gasteiger partial charge in [-0.3, -0.25) is 4.79 Å². The Morgan fingerprint density at radius 1 is 1.17 bits per heavy atom. The van der Waals surface area contributed by atoms with E-state index >= 15 is 0 Å². The minimum Gasteiger partial charge on any atom is -0.466 e. The number of carbonyl (C=O) groups is 1. The van der Waals surface area contributed by atoms with Gasteiger partial charge in [0.15, 0.2) is 9.84 Å². The van der Waals surface area contributed by atoms with E-state index in [1.165, 1.54) is 0 Å². The van der Waals surface area contributed by atoms with E-state index in [0.29, 0.717) is 17.9 Å². The Morgan fingerprint density at radius 2 is 1.78 bits per heavy atom. The molecule has 0 atom stereocenters. The highest BCUT2D eigenvalue weighted by atomic mass is 32.2. The van der Waals surface area contributed by atoms with Gasteiger partial charge in [0.1, 0.15) is 0 Å². The Morgan fingerprint density at radius 3 is 2.28 bits per heavy atom. The minimum atomic E-state index is -3.18. The van der Waals surface area contributed by atoms with Gasteiger partial charge in [0.2, 0.25) is 0 Å². The van der Waals surface area contributed by atoms with Gasteiger partial charge in [0.25, 0.3) is 0 Å². The number of carbonyl (C=O) groups excluding carboxylic acids is 1. The maximum absolute atomic E-state index is 11.8. The van der Waals surface area contributed by atoms with E-state index in [4.69, 9.17) is 4.74 Å². The molecule has 0 aliphatic rings. The van der Waals surface area contributed by atoms with Gasteiger partial charge in [-0.15, -0.1) is 0 Å². The summed E-state index contributed by atoms with van der Waals surface area (Å²) in [6, 6.07) is 6.39. The fourth-order valence-electron chi connectivity index (χ4n) is 1.58. The van der Waals surface area contributed by atoms with Crippen LogP contribution in [0.2, 0.25) is 0 Å². The van der Waals surface area contributed by atoms with Crippen LogP contribution in [0.4, 0.5) is 0 Å². The lowest BCUT2D eigenvalue weighted by molar-refractivity contribution is -0.142. The van der Waals surface area contributed by atoms with Crippen molar-refractivity contribution < 1.29 is 17.9 Å². The van der Waals surface area contributed by atoms with Gasteiger partial charge < -0.3 is 4.74 Å². The summed E-state index contributed by atoms with van der Waals surface area (Å²) in [6.45, 7) is 3.92. The molecule has 1 rings (SSSR count). The third-order valence-electron chi connectivity index (χ3n) is 2.41. The molecule has 0 radical (unpaired) electrons. The normalized spacial score (nSPS) is 11.2. The maximum Gasteiger partial charge on any atom is 0.310 e. The van der Waals surface area contributed by atoms with Crippen molar-refractivity contribution in [2.75, 3.05) is 12.4 Å². The second kappa shape index (κ2) is 6.54. The van der Waals surface area contributed by atoms with E-state index in [2.05, 4.69) is 0 Å². The van der Waals surface area contributed by atoms with Crippen molar-refractivity contribution in [2.24, 2.45) is 0 Å². The van der Waals surface area contributed by atoms with Crippen molar-refractivity contribution in [1.82, 2.24) is 0 Å². The molecule has 1 aromatic rings. The lowest BCUT2D eigenvalue weighted by Gasteiger charge is -2.05. The molecular formula is C13H18O4S. The molecule has 0 heterocycles. The Labute approximate surface area is 108 Å². The lowest BCUT2D eigenvalue weighted by Crippen LogP contribution is -2.08. The van der Waals surface area contributed by atoms with Gasteiger partial charge >= 0.3 is 5.97 Å². The summed E-state index contributed by atoms with van der Waals surface area (Å²) in [5, 5.41) is 0. The number of sulfone groups is 1. The van der Waals surface area contributed by atoms with E-state index in [0.717, 1.165) is 5.56 Å². The molecule has 0 amide bonds. The Balaban J connectivity index is 2.77. The van der Waals surface area contributed by atoms with Crippen LogP contribution in [0.25, 0.3) is 0 Å². The maximum atomic E-state index is 11.8. The molecule has 0 saturated heterocycles. The predicted molar refractivity (Wildman–Crippen MR) is 69.1 cm³/mol. The molecule has 0 unspecified atom stereocenters. The SMILES string of the molecule is CCCS(=O)(=O)c1ccc(CC(=O)OCC)cc1. The molecular weight excluding hydrogens is 252 g/mol. The van der Waals surface area contributed by atoms with Crippen LogP contribution in [0.15, 0.2) is 29.2 Å². The van der Waals surface area contributed by atoms with E-state index in [9.17, 15) is 13.2 Å². The van der Waals surface area contributed by atoms with Crippen molar-refractivity contribution in [3.8, 4) is 0 Å². The van der Waals surface area contributed by atoms with Crippen LogP contribution in [-0.2, 0) is 25.8 Å². The first-order chi connectivity index (χ1) is 8.49. The van der Waals surface area contributed by atoms with Gasteiger partial charge in [-0.25, -0.2) is 8.42 Å². The zero-order chi connectivity index (χ0) is 13.6.